The van der Waals surface area contributed by atoms with Crippen LogP contribution >= 0.6 is 0 Å². The van der Waals surface area contributed by atoms with Crippen molar-refractivity contribution >= 4 is 16.8 Å². The Hall–Kier alpha value is -1.81. The van der Waals surface area contributed by atoms with Crippen molar-refractivity contribution in [3.63, 3.8) is 0 Å². The number of likely N-dealkylation sites (tertiary alicyclic amines) is 1. The maximum atomic E-state index is 12.6. The molecule has 0 radical (unpaired) electrons. The van der Waals surface area contributed by atoms with Crippen LogP contribution in [0.3, 0.4) is 0 Å². The molecule has 0 spiro atoms. The first kappa shape index (κ1) is 15.7. The maximum Gasteiger partial charge on any atom is 0.224 e. The SMILES string of the molecule is CCCCNC(=O)C1CC2c3cccc4[nH]cc(c34)CC2N(C)C1. The van der Waals surface area contributed by atoms with E-state index in [0.717, 1.165) is 38.8 Å². The summed E-state index contributed by atoms with van der Waals surface area (Å²) in [6, 6.07) is 7.08. The number of hydrogen-bond acceptors (Lipinski definition) is 2. The quantitative estimate of drug-likeness (QED) is 0.849. The molecule has 3 unspecified atom stereocenters. The van der Waals surface area contributed by atoms with Crippen LogP contribution in [0, 0.1) is 5.92 Å². The van der Waals surface area contributed by atoms with Crippen molar-refractivity contribution in [2.24, 2.45) is 5.92 Å². The monoisotopic (exact) mass is 325 g/mol. The fourth-order valence-corrected chi connectivity index (χ4v) is 4.66. The minimum Gasteiger partial charge on any atom is -0.361 e. The summed E-state index contributed by atoms with van der Waals surface area (Å²) < 4.78 is 0. The summed E-state index contributed by atoms with van der Waals surface area (Å²) >= 11 is 0. The molecule has 24 heavy (non-hydrogen) atoms. The molecule has 1 saturated heterocycles. The number of amides is 1. The molecule has 2 aromatic rings. The van der Waals surface area contributed by atoms with E-state index in [2.05, 4.69) is 53.6 Å². The van der Waals surface area contributed by atoms with E-state index >= 15 is 0 Å². The number of benzene rings is 1. The summed E-state index contributed by atoms with van der Waals surface area (Å²) in [4.78, 5) is 18.4. The van der Waals surface area contributed by atoms with Crippen molar-refractivity contribution in [2.75, 3.05) is 20.1 Å². The second kappa shape index (κ2) is 6.25. The summed E-state index contributed by atoms with van der Waals surface area (Å²) in [6.45, 7) is 3.83. The third-order valence-corrected chi connectivity index (χ3v) is 5.93. The van der Waals surface area contributed by atoms with Crippen molar-refractivity contribution in [1.29, 1.82) is 0 Å². The molecule has 2 N–H and O–H groups in total. The first-order chi connectivity index (χ1) is 11.7. The van der Waals surface area contributed by atoms with Crippen LogP contribution in [0.2, 0.25) is 0 Å². The fraction of sp³-hybridized carbons (Fsp3) is 0.550. The largest absolute Gasteiger partial charge is 0.361 e. The molecule has 1 aliphatic heterocycles. The highest BCUT2D eigenvalue weighted by Gasteiger charge is 2.41. The molecule has 2 heterocycles. The molecular weight excluding hydrogens is 298 g/mol. The zero-order valence-corrected chi connectivity index (χ0v) is 14.6. The normalized spacial score (nSPS) is 26.3. The number of carbonyl (C=O) groups is 1. The van der Waals surface area contributed by atoms with Crippen molar-refractivity contribution in [2.45, 2.75) is 44.6 Å². The summed E-state index contributed by atoms with van der Waals surface area (Å²) in [5.41, 5.74) is 4.09. The van der Waals surface area contributed by atoms with Crippen LogP contribution in [0.25, 0.3) is 10.9 Å². The predicted molar refractivity (Wildman–Crippen MR) is 97.2 cm³/mol. The Balaban J connectivity index is 1.60. The van der Waals surface area contributed by atoms with Gasteiger partial charge < -0.3 is 15.2 Å². The maximum absolute atomic E-state index is 12.6. The van der Waals surface area contributed by atoms with Gasteiger partial charge in [0.2, 0.25) is 5.91 Å². The Morgan fingerprint density at radius 3 is 3.12 bits per heavy atom. The number of nitrogens with one attached hydrogen (secondary N) is 2. The van der Waals surface area contributed by atoms with Crippen LogP contribution < -0.4 is 5.32 Å². The number of piperidine rings is 1. The summed E-state index contributed by atoms with van der Waals surface area (Å²) in [5, 5.41) is 4.54. The molecule has 0 saturated carbocycles. The summed E-state index contributed by atoms with van der Waals surface area (Å²) in [5.74, 6) is 0.794. The lowest BCUT2D eigenvalue weighted by atomic mass is 9.72. The lowest BCUT2D eigenvalue weighted by Gasteiger charge is -2.45. The second-order valence-electron chi connectivity index (χ2n) is 7.48. The number of likely N-dealkylation sites (N-methyl/N-ethyl adjacent to an activating group) is 1. The Labute approximate surface area is 143 Å². The average Bonchev–Trinajstić information content (AvgIpc) is 3.00. The van der Waals surface area contributed by atoms with Gasteiger partial charge in [-0.1, -0.05) is 25.5 Å². The van der Waals surface area contributed by atoms with E-state index in [9.17, 15) is 4.79 Å². The molecule has 1 amide bonds. The van der Waals surface area contributed by atoms with Gasteiger partial charge in [-0.05, 0) is 43.5 Å². The van der Waals surface area contributed by atoms with Gasteiger partial charge in [0, 0.05) is 42.1 Å². The van der Waals surface area contributed by atoms with E-state index in [-0.39, 0.29) is 11.8 Å². The number of carbonyl (C=O) groups excluding carboxylic acids is 1. The summed E-state index contributed by atoms with van der Waals surface area (Å²) in [7, 11) is 2.18. The Bertz CT molecular complexity index is 750. The number of fused-ring (bicyclic) bond motifs is 2. The van der Waals surface area contributed by atoms with Gasteiger partial charge in [-0.2, -0.15) is 0 Å². The molecule has 4 rings (SSSR count). The van der Waals surface area contributed by atoms with E-state index in [4.69, 9.17) is 0 Å². The molecule has 128 valence electrons. The number of unbranched alkanes of at least 4 members (excludes halogenated alkanes) is 1. The van der Waals surface area contributed by atoms with Gasteiger partial charge in [0.1, 0.15) is 0 Å². The first-order valence-electron chi connectivity index (χ1n) is 9.26. The topological polar surface area (TPSA) is 48.1 Å². The number of aromatic amines is 1. The van der Waals surface area contributed by atoms with Gasteiger partial charge in [0.15, 0.2) is 0 Å². The smallest absolute Gasteiger partial charge is 0.224 e. The molecule has 1 fully saturated rings. The lowest BCUT2D eigenvalue weighted by molar-refractivity contribution is -0.127. The highest BCUT2D eigenvalue weighted by Crippen LogP contribution is 2.44. The van der Waals surface area contributed by atoms with E-state index < -0.39 is 0 Å². The predicted octanol–water partition coefficient (Wildman–Crippen LogP) is 3.04. The summed E-state index contributed by atoms with van der Waals surface area (Å²) in [6.07, 6.45) is 6.40. The Morgan fingerprint density at radius 1 is 1.42 bits per heavy atom. The van der Waals surface area contributed by atoms with Gasteiger partial charge in [-0.25, -0.2) is 0 Å². The van der Waals surface area contributed by atoms with E-state index in [0.29, 0.717) is 12.0 Å². The van der Waals surface area contributed by atoms with Gasteiger partial charge in [0.05, 0.1) is 5.92 Å². The average molecular weight is 325 g/mol. The second-order valence-corrected chi connectivity index (χ2v) is 7.48. The fourth-order valence-electron chi connectivity index (χ4n) is 4.66. The highest BCUT2D eigenvalue weighted by molar-refractivity contribution is 5.88. The molecule has 4 heteroatoms. The molecule has 2 aliphatic rings. The lowest BCUT2D eigenvalue weighted by Crippen LogP contribution is -2.51. The minimum atomic E-state index is 0.101. The molecule has 1 aliphatic carbocycles. The van der Waals surface area contributed by atoms with Crippen molar-refractivity contribution in [1.82, 2.24) is 15.2 Å². The number of aromatic nitrogens is 1. The number of nitrogens with zero attached hydrogens (tertiary/aromatic N) is 1. The Morgan fingerprint density at radius 2 is 2.29 bits per heavy atom. The van der Waals surface area contributed by atoms with Crippen LogP contribution in [0.4, 0.5) is 0 Å². The van der Waals surface area contributed by atoms with E-state index in [1.54, 1.807) is 0 Å². The number of rotatable bonds is 4. The van der Waals surface area contributed by atoms with Crippen LogP contribution in [-0.2, 0) is 11.2 Å². The van der Waals surface area contributed by atoms with Crippen molar-refractivity contribution in [3.05, 3.63) is 35.5 Å². The van der Waals surface area contributed by atoms with Crippen molar-refractivity contribution in [3.8, 4) is 0 Å². The molecule has 1 aromatic carbocycles. The van der Waals surface area contributed by atoms with Gasteiger partial charge >= 0.3 is 0 Å². The Kier molecular flexibility index (Phi) is 4.09. The van der Waals surface area contributed by atoms with Gasteiger partial charge in [-0.3, -0.25) is 4.79 Å². The van der Waals surface area contributed by atoms with Crippen LogP contribution in [0.15, 0.2) is 24.4 Å². The van der Waals surface area contributed by atoms with E-state index in [1.807, 2.05) is 0 Å². The van der Waals surface area contributed by atoms with Crippen LogP contribution in [0.1, 0.15) is 43.2 Å². The standard InChI is InChI=1S/C20H27N3O/c1-3-4-8-21-20(24)14-9-16-15-6-5-7-17-19(15)13(11-22-17)10-18(16)23(2)12-14/h5-7,11,14,16,18,22H,3-4,8-10,12H2,1-2H3,(H,21,24). The molecule has 4 nitrogen and oxygen atoms in total. The molecular formula is C20H27N3O. The molecule has 1 aromatic heterocycles. The van der Waals surface area contributed by atoms with Crippen molar-refractivity contribution < 1.29 is 4.79 Å². The third kappa shape index (κ3) is 2.53. The molecule has 0 bridgehead atoms. The molecule has 3 atom stereocenters. The zero-order chi connectivity index (χ0) is 16.7. The van der Waals surface area contributed by atoms with Gasteiger partial charge in [0.25, 0.3) is 0 Å². The number of hydrogen-bond donors (Lipinski definition) is 2. The van der Waals surface area contributed by atoms with Crippen LogP contribution in [0.5, 0.6) is 0 Å². The zero-order valence-electron chi connectivity index (χ0n) is 14.6. The minimum absolute atomic E-state index is 0.101. The first-order valence-corrected chi connectivity index (χ1v) is 9.26. The third-order valence-electron chi connectivity index (χ3n) is 5.93. The number of H-pyrrole nitrogens is 1. The van der Waals surface area contributed by atoms with Gasteiger partial charge in [-0.15, -0.1) is 0 Å². The van der Waals surface area contributed by atoms with Crippen LogP contribution in [-0.4, -0.2) is 42.0 Å². The van der Waals surface area contributed by atoms with E-state index in [1.165, 1.54) is 22.0 Å². The highest BCUT2D eigenvalue weighted by atomic mass is 16.1.